The molecule has 0 aromatic carbocycles. The number of hydrogen-bond acceptors (Lipinski definition) is 3. The first-order valence-corrected chi connectivity index (χ1v) is 8.18. The molecular formula is C16H23ClN4. The van der Waals surface area contributed by atoms with Crippen molar-refractivity contribution in [2.45, 2.75) is 26.3 Å². The highest BCUT2D eigenvalue weighted by Crippen LogP contribution is 2.16. The average molecular weight is 307 g/mol. The van der Waals surface area contributed by atoms with Crippen LogP contribution in [0.15, 0.2) is 24.5 Å². The van der Waals surface area contributed by atoms with E-state index in [1.807, 2.05) is 22.7 Å². The van der Waals surface area contributed by atoms with Crippen molar-refractivity contribution in [3.05, 3.63) is 35.2 Å². The van der Waals surface area contributed by atoms with E-state index in [4.69, 9.17) is 11.6 Å². The summed E-state index contributed by atoms with van der Waals surface area (Å²) in [6.07, 6.45) is 6.58. The maximum Gasteiger partial charge on any atom is 0.137 e. The van der Waals surface area contributed by atoms with Crippen LogP contribution in [0, 0.1) is 5.92 Å². The number of pyridine rings is 1. The third-order valence-corrected chi connectivity index (χ3v) is 4.50. The minimum atomic E-state index is 0.744. The first-order valence-electron chi connectivity index (χ1n) is 7.81. The van der Waals surface area contributed by atoms with Crippen LogP contribution in [-0.2, 0) is 6.54 Å². The highest BCUT2D eigenvalue weighted by atomic mass is 35.5. The quantitative estimate of drug-likeness (QED) is 0.922. The van der Waals surface area contributed by atoms with Crippen molar-refractivity contribution in [3.63, 3.8) is 0 Å². The Morgan fingerprint density at radius 2 is 2.14 bits per heavy atom. The van der Waals surface area contributed by atoms with Gasteiger partial charge >= 0.3 is 0 Å². The number of hydrogen-bond donors (Lipinski definition) is 1. The van der Waals surface area contributed by atoms with E-state index in [1.165, 1.54) is 19.4 Å². The number of nitrogens with one attached hydrogen (secondary N) is 1. The van der Waals surface area contributed by atoms with Crippen molar-refractivity contribution in [2.75, 3.05) is 26.2 Å². The molecule has 1 aliphatic heterocycles. The van der Waals surface area contributed by atoms with Gasteiger partial charge in [0.15, 0.2) is 0 Å². The highest BCUT2D eigenvalue weighted by Gasteiger charge is 2.17. The number of piperidine rings is 1. The molecule has 1 N–H and O–H groups in total. The monoisotopic (exact) mass is 306 g/mol. The Balaban J connectivity index is 1.66. The van der Waals surface area contributed by atoms with Gasteiger partial charge in [0.2, 0.25) is 0 Å². The summed E-state index contributed by atoms with van der Waals surface area (Å²) in [5, 5.41) is 4.18. The number of nitrogens with zero attached hydrogens (tertiary/aromatic N) is 3. The maximum absolute atomic E-state index is 6.02. The van der Waals surface area contributed by atoms with Crippen molar-refractivity contribution in [2.24, 2.45) is 5.92 Å². The summed E-state index contributed by atoms with van der Waals surface area (Å²) >= 11 is 6.02. The van der Waals surface area contributed by atoms with Gasteiger partial charge in [0.25, 0.3) is 0 Å². The third-order valence-electron chi connectivity index (χ3n) is 4.27. The molecule has 0 spiro atoms. The fourth-order valence-corrected chi connectivity index (χ4v) is 3.23. The molecule has 0 saturated carbocycles. The van der Waals surface area contributed by atoms with Crippen molar-refractivity contribution in [1.82, 2.24) is 19.6 Å². The van der Waals surface area contributed by atoms with Crippen LogP contribution in [0.4, 0.5) is 0 Å². The molecule has 2 aromatic heterocycles. The second-order valence-corrected chi connectivity index (χ2v) is 6.30. The zero-order valence-electron chi connectivity index (χ0n) is 12.6. The van der Waals surface area contributed by atoms with Gasteiger partial charge in [-0.1, -0.05) is 18.5 Å². The molecule has 1 saturated heterocycles. The third kappa shape index (κ3) is 3.76. The van der Waals surface area contributed by atoms with Crippen molar-refractivity contribution < 1.29 is 0 Å². The van der Waals surface area contributed by atoms with Crippen LogP contribution in [0.25, 0.3) is 5.65 Å². The van der Waals surface area contributed by atoms with Crippen molar-refractivity contribution in [3.8, 4) is 0 Å². The molecule has 114 valence electrons. The van der Waals surface area contributed by atoms with E-state index in [-0.39, 0.29) is 0 Å². The van der Waals surface area contributed by atoms with Crippen molar-refractivity contribution in [1.29, 1.82) is 0 Å². The Bertz CT molecular complexity index is 589. The lowest BCUT2D eigenvalue weighted by Gasteiger charge is -2.28. The molecule has 1 fully saturated rings. The van der Waals surface area contributed by atoms with Gasteiger partial charge in [0, 0.05) is 25.5 Å². The van der Waals surface area contributed by atoms with E-state index in [0.29, 0.717) is 0 Å². The van der Waals surface area contributed by atoms with E-state index in [9.17, 15) is 0 Å². The van der Waals surface area contributed by atoms with Crippen LogP contribution in [0.1, 0.15) is 25.5 Å². The second kappa shape index (κ2) is 6.77. The predicted molar refractivity (Wildman–Crippen MR) is 86.7 cm³/mol. The van der Waals surface area contributed by atoms with Crippen LogP contribution >= 0.6 is 11.6 Å². The minimum absolute atomic E-state index is 0.744. The summed E-state index contributed by atoms with van der Waals surface area (Å²) in [7, 11) is 0. The Morgan fingerprint density at radius 1 is 1.33 bits per heavy atom. The lowest BCUT2D eigenvalue weighted by Crippen LogP contribution is -2.36. The van der Waals surface area contributed by atoms with Gasteiger partial charge in [-0.05, 0) is 50.5 Å². The topological polar surface area (TPSA) is 32.6 Å². The molecular weight excluding hydrogens is 284 g/mol. The van der Waals surface area contributed by atoms with Gasteiger partial charge in [0.05, 0.1) is 10.7 Å². The zero-order valence-corrected chi connectivity index (χ0v) is 13.3. The second-order valence-electron chi connectivity index (χ2n) is 5.87. The molecule has 3 heterocycles. The summed E-state index contributed by atoms with van der Waals surface area (Å²) < 4.78 is 2.01. The molecule has 21 heavy (non-hydrogen) atoms. The summed E-state index contributed by atoms with van der Waals surface area (Å²) in [6, 6.07) is 3.86. The lowest BCUT2D eigenvalue weighted by molar-refractivity contribution is 0.205. The molecule has 2 aromatic rings. The predicted octanol–water partition coefficient (Wildman–Crippen LogP) is 2.81. The first kappa shape index (κ1) is 14.8. The molecule has 0 unspecified atom stereocenters. The van der Waals surface area contributed by atoms with Crippen LogP contribution in [-0.4, -0.2) is 40.5 Å². The Morgan fingerprint density at radius 3 is 2.90 bits per heavy atom. The highest BCUT2D eigenvalue weighted by molar-refractivity contribution is 6.30. The fraction of sp³-hybridized carbons (Fsp3) is 0.562. The molecule has 3 rings (SSSR count). The van der Waals surface area contributed by atoms with E-state index >= 15 is 0 Å². The van der Waals surface area contributed by atoms with Gasteiger partial charge in [-0.2, -0.15) is 0 Å². The normalized spacial score (nSPS) is 16.9. The van der Waals surface area contributed by atoms with Gasteiger partial charge in [0.1, 0.15) is 5.65 Å². The summed E-state index contributed by atoms with van der Waals surface area (Å²) in [5.74, 6) is 0.817. The smallest absolute Gasteiger partial charge is 0.137 e. The van der Waals surface area contributed by atoms with Crippen LogP contribution < -0.4 is 5.32 Å². The van der Waals surface area contributed by atoms with Crippen LogP contribution in [0.2, 0.25) is 5.02 Å². The van der Waals surface area contributed by atoms with Gasteiger partial charge < -0.3 is 9.72 Å². The molecule has 0 aliphatic carbocycles. The van der Waals surface area contributed by atoms with Crippen molar-refractivity contribution >= 4 is 17.2 Å². The fourth-order valence-electron chi connectivity index (χ4n) is 3.06. The summed E-state index contributed by atoms with van der Waals surface area (Å²) in [4.78, 5) is 7.18. The van der Waals surface area contributed by atoms with Gasteiger partial charge in [-0.15, -0.1) is 0 Å². The molecule has 5 heteroatoms. The Labute approximate surface area is 131 Å². The molecule has 0 bridgehead atoms. The Hall–Kier alpha value is -1.10. The molecule has 0 radical (unpaired) electrons. The number of halogens is 1. The summed E-state index contributed by atoms with van der Waals surface area (Å²) in [6.45, 7) is 7.71. The van der Waals surface area contributed by atoms with E-state index in [0.717, 1.165) is 48.5 Å². The standard InChI is InChI=1S/C16H23ClN4/c1-2-20(9-13-5-7-18-8-6-13)11-15-12-21-10-14(17)3-4-16(21)19-15/h3-4,10,12-13,18H,2,5-9,11H2,1H3. The van der Waals surface area contributed by atoms with E-state index in [2.05, 4.69) is 28.3 Å². The average Bonchev–Trinajstić information content (AvgIpc) is 2.89. The number of rotatable bonds is 5. The van der Waals surface area contributed by atoms with Crippen LogP contribution in [0.5, 0.6) is 0 Å². The number of aromatic nitrogens is 2. The zero-order chi connectivity index (χ0) is 14.7. The largest absolute Gasteiger partial charge is 0.317 e. The lowest BCUT2D eigenvalue weighted by atomic mass is 9.97. The summed E-state index contributed by atoms with van der Waals surface area (Å²) in [5.41, 5.74) is 2.08. The molecule has 1 aliphatic rings. The minimum Gasteiger partial charge on any atom is -0.317 e. The molecule has 4 nitrogen and oxygen atoms in total. The Kier molecular flexibility index (Phi) is 4.78. The first-order chi connectivity index (χ1) is 10.2. The van der Waals surface area contributed by atoms with Gasteiger partial charge in [-0.25, -0.2) is 4.98 Å². The SMILES string of the molecule is CCN(Cc1cn2cc(Cl)ccc2n1)CC1CCNCC1. The van der Waals surface area contributed by atoms with Crippen LogP contribution in [0.3, 0.4) is 0 Å². The van der Waals surface area contributed by atoms with Gasteiger partial charge in [-0.3, -0.25) is 4.90 Å². The molecule has 0 atom stereocenters. The van der Waals surface area contributed by atoms with E-state index in [1.54, 1.807) is 0 Å². The van der Waals surface area contributed by atoms with E-state index < -0.39 is 0 Å². The molecule has 0 amide bonds. The maximum atomic E-state index is 6.02. The number of imidazole rings is 1. The number of fused-ring (bicyclic) bond motifs is 1.